The maximum Gasteiger partial charge on any atom is 0.238 e. The summed E-state index contributed by atoms with van der Waals surface area (Å²) in [5, 5.41) is 3.74. The van der Waals surface area contributed by atoms with Crippen LogP contribution in [0.2, 0.25) is 5.02 Å². The van der Waals surface area contributed by atoms with E-state index >= 15 is 0 Å². The number of piperazine rings is 1. The van der Waals surface area contributed by atoms with Crippen molar-refractivity contribution in [2.45, 2.75) is 13.0 Å². The van der Waals surface area contributed by atoms with Crippen molar-refractivity contribution in [2.24, 2.45) is 0 Å². The summed E-state index contributed by atoms with van der Waals surface area (Å²) in [5.41, 5.74) is 2.00. The van der Waals surface area contributed by atoms with Crippen LogP contribution in [0.3, 0.4) is 0 Å². The fraction of sp³-hybridized carbons (Fsp3) is 0.409. The standard InChI is InChI=1S/C22H26ClN3O3/c23-18-4-2-17(3-5-18)15-25-8-10-26(11-9-25)16-22(27)24-19-6-7-20-21(14-19)29-13-1-12-28-20/h2-7,14H,1,8-13,15-16H2,(H,24,27). The van der Waals surface area contributed by atoms with E-state index in [1.165, 1.54) is 5.56 Å². The lowest BCUT2D eigenvalue weighted by Gasteiger charge is -2.34. The topological polar surface area (TPSA) is 54.0 Å². The highest BCUT2D eigenvalue weighted by Gasteiger charge is 2.19. The highest BCUT2D eigenvalue weighted by atomic mass is 35.5. The fourth-order valence-corrected chi connectivity index (χ4v) is 3.72. The quantitative estimate of drug-likeness (QED) is 0.812. The predicted molar refractivity (Wildman–Crippen MR) is 114 cm³/mol. The smallest absolute Gasteiger partial charge is 0.238 e. The largest absolute Gasteiger partial charge is 0.490 e. The van der Waals surface area contributed by atoms with Gasteiger partial charge in [-0.05, 0) is 29.8 Å². The highest BCUT2D eigenvalue weighted by Crippen LogP contribution is 2.32. The Bertz CT molecular complexity index is 836. The first kappa shape index (κ1) is 20.0. The van der Waals surface area contributed by atoms with Crippen LogP contribution < -0.4 is 14.8 Å². The van der Waals surface area contributed by atoms with Crippen LogP contribution in [0.15, 0.2) is 42.5 Å². The molecule has 0 aliphatic carbocycles. The monoisotopic (exact) mass is 415 g/mol. The van der Waals surface area contributed by atoms with Gasteiger partial charge in [-0.1, -0.05) is 23.7 Å². The van der Waals surface area contributed by atoms with Crippen LogP contribution >= 0.6 is 11.6 Å². The molecule has 6 nitrogen and oxygen atoms in total. The molecule has 1 amide bonds. The maximum atomic E-state index is 12.5. The molecule has 0 saturated carbocycles. The van der Waals surface area contributed by atoms with Gasteiger partial charge in [0.05, 0.1) is 19.8 Å². The fourth-order valence-electron chi connectivity index (χ4n) is 3.60. The molecule has 2 heterocycles. The van der Waals surface area contributed by atoms with Crippen LogP contribution in [0, 0.1) is 0 Å². The Morgan fingerprint density at radius 3 is 2.38 bits per heavy atom. The van der Waals surface area contributed by atoms with E-state index in [1.54, 1.807) is 0 Å². The lowest BCUT2D eigenvalue weighted by Crippen LogP contribution is -2.48. The van der Waals surface area contributed by atoms with Crippen LogP contribution in [0.5, 0.6) is 11.5 Å². The third-order valence-electron chi connectivity index (χ3n) is 5.18. The number of carbonyl (C=O) groups excluding carboxylic acids is 1. The van der Waals surface area contributed by atoms with Crippen LogP contribution in [0.1, 0.15) is 12.0 Å². The van der Waals surface area contributed by atoms with E-state index in [1.807, 2.05) is 30.3 Å². The number of fused-ring (bicyclic) bond motifs is 1. The van der Waals surface area contributed by atoms with E-state index in [0.29, 0.717) is 25.5 Å². The second-order valence-electron chi connectivity index (χ2n) is 7.44. The maximum absolute atomic E-state index is 12.5. The molecule has 0 atom stereocenters. The molecule has 1 fully saturated rings. The van der Waals surface area contributed by atoms with Crippen LogP contribution in [0.25, 0.3) is 0 Å². The number of rotatable bonds is 5. The van der Waals surface area contributed by atoms with E-state index in [9.17, 15) is 4.79 Å². The molecule has 0 spiro atoms. The average molecular weight is 416 g/mol. The van der Waals surface area contributed by atoms with Crippen molar-refractivity contribution in [3.63, 3.8) is 0 Å². The van der Waals surface area contributed by atoms with Crippen LogP contribution in [-0.2, 0) is 11.3 Å². The van der Waals surface area contributed by atoms with Crippen molar-refractivity contribution in [1.29, 1.82) is 0 Å². The molecule has 2 aromatic carbocycles. The normalized spacial score (nSPS) is 17.6. The zero-order chi connectivity index (χ0) is 20.1. The van der Waals surface area contributed by atoms with Gasteiger partial charge in [-0.3, -0.25) is 14.6 Å². The zero-order valence-corrected chi connectivity index (χ0v) is 17.2. The molecule has 0 aromatic heterocycles. The van der Waals surface area contributed by atoms with Gasteiger partial charge in [0, 0.05) is 55.9 Å². The predicted octanol–water partition coefficient (Wildman–Crippen LogP) is 3.26. The Balaban J connectivity index is 1.23. The van der Waals surface area contributed by atoms with Crippen LogP contribution in [0.4, 0.5) is 5.69 Å². The molecule has 2 aromatic rings. The Morgan fingerprint density at radius 2 is 1.62 bits per heavy atom. The van der Waals surface area contributed by atoms with Gasteiger partial charge < -0.3 is 14.8 Å². The molecule has 4 rings (SSSR count). The number of hydrogen-bond acceptors (Lipinski definition) is 5. The molecule has 1 saturated heterocycles. The molecule has 2 aliphatic rings. The molecule has 2 aliphatic heterocycles. The third-order valence-corrected chi connectivity index (χ3v) is 5.43. The number of nitrogens with one attached hydrogen (secondary N) is 1. The first-order valence-electron chi connectivity index (χ1n) is 10.0. The minimum atomic E-state index is -0.00867. The van der Waals surface area contributed by atoms with E-state index in [-0.39, 0.29) is 5.91 Å². The van der Waals surface area contributed by atoms with Crippen molar-refractivity contribution in [2.75, 3.05) is 51.3 Å². The van der Waals surface area contributed by atoms with Gasteiger partial charge >= 0.3 is 0 Å². The molecule has 154 valence electrons. The number of halogens is 1. The van der Waals surface area contributed by atoms with Gasteiger partial charge in [-0.15, -0.1) is 0 Å². The van der Waals surface area contributed by atoms with Crippen molar-refractivity contribution < 1.29 is 14.3 Å². The van der Waals surface area contributed by atoms with E-state index < -0.39 is 0 Å². The van der Waals surface area contributed by atoms with Crippen LogP contribution in [-0.4, -0.2) is 61.6 Å². The average Bonchev–Trinajstić information content (AvgIpc) is 2.96. The second-order valence-corrected chi connectivity index (χ2v) is 7.88. The summed E-state index contributed by atoms with van der Waals surface area (Å²) < 4.78 is 11.3. The lowest BCUT2D eigenvalue weighted by atomic mass is 10.2. The molecular formula is C22H26ClN3O3. The molecule has 0 unspecified atom stereocenters. The molecule has 1 N–H and O–H groups in total. The van der Waals surface area contributed by atoms with E-state index in [0.717, 1.165) is 55.6 Å². The number of anilines is 1. The Morgan fingerprint density at radius 1 is 0.931 bits per heavy atom. The molecule has 29 heavy (non-hydrogen) atoms. The molecular weight excluding hydrogens is 390 g/mol. The number of amides is 1. The first-order chi connectivity index (χ1) is 14.2. The van der Waals surface area contributed by atoms with Gasteiger partial charge in [0.25, 0.3) is 0 Å². The number of carbonyl (C=O) groups is 1. The Labute approximate surface area is 176 Å². The van der Waals surface area contributed by atoms with Crippen molar-refractivity contribution in [1.82, 2.24) is 9.80 Å². The van der Waals surface area contributed by atoms with Gasteiger partial charge in [-0.25, -0.2) is 0 Å². The Hall–Kier alpha value is -2.28. The lowest BCUT2D eigenvalue weighted by molar-refractivity contribution is -0.117. The SMILES string of the molecule is O=C(CN1CCN(Cc2ccc(Cl)cc2)CC1)Nc1ccc2c(c1)OCCCO2. The molecule has 0 radical (unpaired) electrons. The summed E-state index contributed by atoms with van der Waals surface area (Å²) in [6.07, 6.45) is 0.861. The van der Waals surface area contributed by atoms with Gasteiger partial charge in [0.15, 0.2) is 11.5 Å². The van der Waals surface area contributed by atoms with E-state index in [4.69, 9.17) is 21.1 Å². The number of hydrogen-bond donors (Lipinski definition) is 1. The summed E-state index contributed by atoms with van der Waals surface area (Å²) in [4.78, 5) is 17.1. The minimum Gasteiger partial charge on any atom is -0.490 e. The van der Waals surface area contributed by atoms with Gasteiger partial charge in [0.2, 0.25) is 5.91 Å². The number of benzene rings is 2. The summed E-state index contributed by atoms with van der Waals surface area (Å²) in [6, 6.07) is 13.5. The summed E-state index contributed by atoms with van der Waals surface area (Å²) in [7, 11) is 0. The summed E-state index contributed by atoms with van der Waals surface area (Å²) in [5.74, 6) is 1.42. The van der Waals surface area contributed by atoms with Crippen molar-refractivity contribution in [3.05, 3.63) is 53.1 Å². The summed E-state index contributed by atoms with van der Waals surface area (Å²) in [6.45, 7) is 6.23. The second kappa shape index (κ2) is 9.48. The minimum absolute atomic E-state index is 0.00867. The Kier molecular flexibility index (Phi) is 6.54. The zero-order valence-electron chi connectivity index (χ0n) is 16.4. The van der Waals surface area contributed by atoms with Crippen molar-refractivity contribution >= 4 is 23.2 Å². The highest BCUT2D eigenvalue weighted by molar-refractivity contribution is 6.30. The van der Waals surface area contributed by atoms with Gasteiger partial charge in [0.1, 0.15) is 0 Å². The first-order valence-corrected chi connectivity index (χ1v) is 10.4. The molecule has 0 bridgehead atoms. The summed E-state index contributed by atoms with van der Waals surface area (Å²) >= 11 is 5.95. The van der Waals surface area contributed by atoms with Crippen molar-refractivity contribution in [3.8, 4) is 11.5 Å². The van der Waals surface area contributed by atoms with E-state index in [2.05, 4.69) is 27.2 Å². The number of ether oxygens (including phenoxy) is 2. The third kappa shape index (κ3) is 5.63. The number of nitrogens with zero attached hydrogens (tertiary/aromatic N) is 2. The molecule has 7 heteroatoms. The van der Waals surface area contributed by atoms with Gasteiger partial charge in [-0.2, -0.15) is 0 Å².